The van der Waals surface area contributed by atoms with Gasteiger partial charge in [0, 0.05) is 18.0 Å². The number of methoxy groups -OCH3 is 1. The second-order valence-electron chi connectivity index (χ2n) is 4.50. The summed E-state index contributed by atoms with van der Waals surface area (Å²) < 4.78 is 11.0. The van der Waals surface area contributed by atoms with Gasteiger partial charge in [0.2, 0.25) is 0 Å². The van der Waals surface area contributed by atoms with Gasteiger partial charge in [-0.05, 0) is 31.2 Å². The Morgan fingerprint density at radius 1 is 1.19 bits per heavy atom. The van der Waals surface area contributed by atoms with Crippen molar-refractivity contribution in [2.24, 2.45) is 0 Å². The molecule has 5 heteroatoms. The van der Waals surface area contributed by atoms with Gasteiger partial charge in [-0.15, -0.1) is 0 Å². The molecule has 0 bridgehead atoms. The summed E-state index contributed by atoms with van der Waals surface area (Å²) >= 11 is 0. The summed E-state index contributed by atoms with van der Waals surface area (Å²) in [5.41, 5.74) is 2.07. The van der Waals surface area contributed by atoms with Gasteiger partial charge < -0.3 is 14.8 Å². The van der Waals surface area contributed by atoms with Crippen LogP contribution >= 0.6 is 0 Å². The van der Waals surface area contributed by atoms with Crippen LogP contribution in [0.25, 0.3) is 0 Å². The highest BCUT2D eigenvalue weighted by Gasteiger charge is 2.18. The fourth-order valence-electron chi connectivity index (χ4n) is 2.25. The minimum Gasteiger partial charge on any atom is -0.495 e. The standard InChI is InChI=1S/C16H21N3O2/c1-4-19-16(14-6-7-17-11-15(14)20-3)12-8-13(21-5-2)10-18-9-12/h6-11,16,19H,4-5H2,1-3H3. The van der Waals surface area contributed by atoms with Crippen LogP contribution in [0, 0.1) is 0 Å². The second-order valence-corrected chi connectivity index (χ2v) is 4.50. The van der Waals surface area contributed by atoms with E-state index in [4.69, 9.17) is 9.47 Å². The fourth-order valence-corrected chi connectivity index (χ4v) is 2.25. The van der Waals surface area contributed by atoms with Gasteiger partial charge in [-0.2, -0.15) is 0 Å². The van der Waals surface area contributed by atoms with Crippen molar-refractivity contribution in [3.63, 3.8) is 0 Å². The van der Waals surface area contributed by atoms with Crippen LogP contribution in [0.4, 0.5) is 0 Å². The van der Waals surface area contributed by atoms with Gasteiger partial charge in [0.25, 0.3) is 0 Å². The molecule has 0 spiro atoms. The lowest BCUT2D eigenvalue weighted by Gasteiger charge is -2.21. The second kappa shape index (κ2) is 7.59. The predicted molar refractivity (Wildman–Crippen MR) is 81.7 cm³/mol. The Kier molecular flexibility index (Phi) is 5.51. The van der Waals surface area contributed by atoms with Gasteiger partial charge >= 0.3 is 0 Å². The Morgan fingerprint density at radius 2 is 2.05 bits per heavy atom. The van der Waals surface area contributed by atoms with Crippen LogP contribution < -0.4 is 14.8 Å². The number of nitrogens with one attached hydrogen (secondary N) is 1. The molecule has 0 amide bonds. The zero-order valence-corrected chi connectivity index (χ0v) is 12.7. The Balaban J connectivity index is 2.40. The normalized spacial score (nSPS) is 12.0. The van der Waals surface area contributed by atoms with E-state index in [2.05, 4.69) is 22.2 Å². The van der Waals surface area contributed by atoms with Crippen molar-refractivity contribution in [2.45, 2.75) is 19.9 Å². The van der Waals surface area contributed by atoms with E-state index in [-0.39, 0.29) is 6.04 Å². The van der Waals surface area contributed by atoms with Crippen molar-refractivity contribution in [1.29, 1.82) is 0 Å². The van der Waals surface area contributed by atoms with E-state index < -0.39 is 0 Å². The SMILES string of the molecule is CCNC(c1cncc(OCC)c1)c1ccncc1OC. The topological polar surface area (TPSA) is 56.3 Å². The highest BCUT2D eigenvalue weighted by Crippen LogP contribution is 2.30. The van der Waals surface area contributed by atoms with E-state index in [1.165, 1.54) is 0 Å². The maximum Gasteiger partial charge on any atom is 0.142 e. The Morgan fingerprint density at radius 3 is 2.76 bits per heavy atom. The number of hydrogen-bond acceptors (Lipinski definition) is 5. The Labute approximate surface area is 125 Å². The number of rotatable bonds is 7. The number of ether oxygens (including phenoxy) is 2. The molecule has 0 aliphatic carbocycles. The summed E-state index contributed by atoms with van der Waals surface area (Å²) in [7, 11) is 1.65. The zero-order valence-electron chi connectivity index (χ0n) is 12.7. The van der Waals surface area contributed by atoms with Crippen molar-refractivity contribution in [1.82, 2.24) is 15.3 Å². The molecule has 0 aromatic carbocycles. The molecular weight excluding hydrogens is 266 g/mol. The molecular formula is C16H21N3O2. The maximum absolute atomic E-state index is 5.53. The fraction of sp³-hybridized carbons (Fsp3) is 0.375. The van der Waals surface area contributed by atoms with Crippen LogP contribution in [0.15, 0.2) is 36.9 Å². The molecule has 2 aromatic heterocycles. The summed E-state index contributed by atoms with van der Waals surface area (Å²) in [6.07, 6.45) is 7.05. The first kappa shape index (κ1) is 15.3. The van der Waals surface area contributed by atoms with Gasteiger partial charge in [-0.3, -0.25) is 9.97 Å². The highest BCUT2D eigenvalue weighted by atomic mass is 16.5. The molecule has 2 aromatic rings. The molecule has 0 fully saturated rings. The minimum atomic E-state index is -0.0131. The number of pyridine rings is 2. The van der Waals surface area contributed by atoms with E-state index in [1.54, 1.807) is 25.7 Å². The number of hydrogen-bond donors (Lipinski definition) is 1. The molecule has 112 valence electrons. The lowest BCUT2D eigenvalue weighted by atomic mass is 10.00. The molecule has 1 unspecified atom stereocenters. The lowest BCUT2D eigenvalue weighted by molar-refractivity contribution is 0.338. The first-order chi connectivity index (χ1) is 10.3. The van der Waals surface area contributed by atoms with E-state index in [1.807, 2.05) is 25.3 Å². The summed E-state index contributed by atoms with van der Waals surface area (Å²) in [4.78, 5) is 8.37. The molecule has 2 heterocycles. The molecule has 0 saturated carbocycles. The van der Waals surface area contributed by atoms with E-state index in [0.29, 0.717) is 6.61 Å². The Hall–Kier alpha value is -2.14. The number of aromatic nitrogens is 2. The first-order valence-electron chi connectivity index (χ1n) is 7.09. The van der Waals surface area contributed by atoms with Crippen LogP contribution in [0.5, 0.6) is 11.5 Å². The van der Waals surface area contributed by atoms with Gasteiger partial charge in [0.1, 0.15) is 11.5 Å². The van der Waals surface area contributed by atoms with Crippen LogP contribution in [0.3, 0.4) is 0 Å². The van der Waals surface area contributed by atoms with Gasteiger partial charge in [-0.1, -0.05) is 6.92 Å². The maximum atomic E-state index is 5.53. The van der Waals surface area contributed by atoms with Crippen LogP contribution in [0.2, 0.25) is 0 Å². The van der Waals surface area contributed by atoms with Crippen molar-refractivity contribution >= 4 is 0 Å². The summed E-state index contributed by atoms with van der Waals surface area (Å²) in [6, 6.07) is 3.95. The van der Waals surface area contributed by atoms with Gasteiger partial charge in [-0.25, -0.2) is 0 Å². The van der Waals surface area contributed by atoms with E-state index >= 15 is 0 Å². The zero-order chi connectivity index (χ0) is 15.1. The number of nitrogens with zero attached hydrogens (tertiary/aromatic N) is 2. The van der Waals surface area contributed by atoms with Gasteiger partial charge in [0.05, 0.1) is 32.2 Å². The van der Waals surface area contributed by atoms with Gasteiger partial charge in [0.15, 0.2) is 0 Å². The van der Waals surface area contributed by atoms with E-state index in [0.717, 1.165) is 29.2 Å². The molecule has 0 radical (unpaired) electrons. The van der Waals surface area contributed by atoms with Crippen LogP contribution in [-0.4, -0.2) is 30.2 Å². The van der Waals surface area contributed by atoms with E-state index in [9.17, 15) is 0 Å². The summed E-state index contributed by atoms with van der Waals surface area (Å²) in [6.45, 7) is 5.48. The van der Waals surface area contributed by atoms with Crippen molar-refractivity contribution < 1.29 is 9.47 Å². The molecule has 0 saturated heterocycles. The molecule has 1 N–H and O–H groups in total. The third-order valence-electron chi connectivity index (χ3n) is 3.13. The smallest absolute Gasteiger partial charge is 0.142 e. The average molecular weight is 287 g/mol. The molecule has 5 nitrogen and oxygen atoms in total. The monoisotopic (exact) mass is 287 g/mol. The highest BCUT2D eigenvalue weighted by molar-refractivity contribution is 5.40. The summed E-state index contributed by atoms with van der Waals surface area (Å²) in [5.74, 6) is 1.52. The first-order valence-corrected chi connectivity index (χ1v) is 7.09. The third kappa shape index (κ3) is 3.70. The average Bonchev–Trinajstić information content (AvgIpc) is 2.53. The molecule has 0 aliphatic heterocycles. The molecule has 1 atom stereocenters. The predicted octanol–water partition coefficient (Wildman–Crippen LogP) is 2.58. The Bertz CT molecular complexity index is 575. The largest absolute Gasteiger partial charge is 0.495 e. The lowest BCUT2D eigenvalue weighted by Crippen LogP contribution is -2.22. The van der Waals surface area contributed by atoms with Crippen molar-refractivity contribution in [2.75, 3.05) is 20.3 Å². The molecule has 21 heavy (non-hydrogen) atoms. The van der Waals surface area contributed by atoms with Crippen molar-refractivity contribution in [3.05, 3.63) is 48.0 Å². The quantitative estimate of drug-likeness (QED) is 0.848. The summed E-state index contributed by atoms with van der Waals surface area (Å²) in [5, 5.41) is 3.46. The third-order valence-corrected chi connectivity index (χ3v) is 3.13. The molecule has 0 aliphatic rings. The van der Waals surface area contributed by atoms with Crippen LogP contribution in [0.1, 0.15) is 31.0 Å². The van der Waals surface area contributed by atoms with Crippen LogP contribution in [-0.2, 0) is 0 Å². The van der Waals surface area contributed by atoms with Crippen molar-refractivity contribution in [3.8, 4) is 11.5 Å². The molecule has 2 rings (SSSR count). The minimum absolute atomic E-state index is 0.0131.